The first-order valence-electron chi connectivity index (χ1n) is 7.85. The van der Waals surface area contributed by atoms with Gasteiger partial charge >= 0.3 is 6.18 Å². The molecule has 0 unspecified atom stereocenters. The third-order valence-corrected chi connectivity index (χ3v) is 4.27. The van der Waals surface area contributed by atoms with Gasteiger partial charge in [-0.1, -0.05) is 25.2 Å². The molecule has 3 heterocycles. The number of alkyl halides is 3. The first kappa shape index (κ1) is 20.7. The van der Waals surface area contributed by atoms with Crippen molar-refractivity contribution in [3.05, 3.63) is 47.5 Å². The number of thiazole rings is 1. The molecule has 0 fully saturated rings. The second kappa shape index (κ2) is 8.42. The van der Waals surface area contributed by atoms with Gasteiger partial charge in [0, 0.05) is 25.4 Å². The SMILES string of the molecule is CC.Cn1nc(C(F)(F)F)cc1-c1cnc(NCc2c(F)cncc2F)s1. The number of aromatic nitrogens is 4. The summed E-state index contributed by atoms with van der Waals surface area (Å²) in [6, 6.07) is 0.916. The molecule has 27 heavy (non-hydrogen) atoms. The number of nitrogens with one attached hydrogen (secondary N) is 1. The van der Waals surface area contributed by atoms with Crippen molar-refractivity contribution in [3.8, 4) is 10.6 Å². The second-order valence-electron chi connectivity index (χ2n) is 5.00. The second-order valence-corrected chi connectivity index (χ2v) is 6.03. The number of halogens is 5. The van der Waals surface area contributed by atoms with Gasteiger partial charge in [0.1, 0.15) is 11.6 Å². The first-order chi connectivity index (χ1) is 12.8. The maximum absolute atomic E-state index is 13.5. The molecule has 1 N–H and O–H groups in total. The molecule has 0 aliphatic heterocycles. The van der Waals surface area contributed by atoms with Gasteiger partial charge in [0.05, 0.1) is 23.0 Å². The van der Waals surface area contributed by atoms with Crippen molar-refractivity contribution < 1.29 is 22.0 Å². The minimum Gasteiger partial charge on any atom is -0.357 e. The fraction of sp³-hybridized carbons (Fsp3) is 0.312. The van der Waals surface area contributed by atoms with E-state index in [2.05, 4.69) is 20.4 Å². The molecular formula is C16H16F5N5S. The number of nitrogens with zero attached hydrogens (tertiary/aromatic N) is 4. The monoisotopic (exact) mass is 405 g/mol. The van der Waals surface area contributed by atoms with Crippen molar-refractivity contribution in [2.24, 2.45) is 7.05 Å². The van der Waals surface area contributed by atoms with Gasteiger partial charge in [0.15, 0.2) is 10.8 Å². The van der Waals surface area contributed by atoms with E-state index in [1.807, 2.05) is 13.8 Å². The zero-order valence-corrected chi connectivity index (χ0v) is 15.4. The minimum absolute atomic E-state index is 0.174. The van der Waals surface area contributed by atoms with Crippen molar-refractivity contribution >= 4 is 16.5 Å². The van der Waals surface area contributed by atoms with E-state index in [4.69, 9.17) is 0 Å². The highest BCUT2D eigenvalue weighted by atomic mass is 32.1. The lowest BCUT2D eigenvalue weighted by molar-refractivity contribution is -0.141. The van der Waals surface area contributed by atoms with Crippen LogP contribution in [0, 0.1) is 11.6 Å². The van der Waals surface area contributed by atoms with Gasteiger partial charge in [-0.05, 0) is 6.07 Å². The summed E-state index contributed by atoms with van der Waals surface area (Å²) in [6.45, 7) is 3.83. The average Bonchev–Trinajstić information content (AvgIpc) is 3.22. The molecule has 0 amide bonds. The average molecular weight is 405 g/mol. The highest BCUT2D eigenvalue weighted by Crippen LogP contribution is 2.34. The summed E-state index contributed by atoms with van der Waals surface area (Å²) in [7, 11) is 1.39. The van der Waals surface area contributed by atoms with Crippen LogP contribution >= 0.6 is 11.3 Å². The molecule has 3 aromatic rings. The van der Waals surface area contributed by atoms with E-state index in [1.54, 1.807) is 0 Å². The van der Waals surface area contributed by atoms with Gasteiger partial charge in [0.2, 0.25) is 0 Å². The van der Waals surface area contributed by atoms with Crippen LogP contribution in [-0.2, 0) is 19.8 Å². The number of hydrogen-bond acceptors (Lipinski definition) is 5. The molecule has 0 atom stereocenters. The quantitative estimate of drug-likeness (QED) is 0.629. The highest BCUT2D eigenvalue weighted by molar-refractivity contribution is 7.18. The number of anilines is 1. The molecule has 0 radical (unpaired) electrons. The third-order valence-electron chi connectivity index (χ3n) is 3.30. The van der Waals surface area contributed by atoms with Crippen LogP contribution in [0.25, 0.3) is 10.6 Å². The van der Waals surface area contributed by atoms with Gasteiger partial charge in [-0.2, -0.15) is 18.3 Å². The molecule has 3 aromatic heterocycles. The Kier molecular flexibility index (Phi) is 6.47. The molecule has 0 saturated heterocycles. The number of rotatable bonds is 4. The van der Waals surface area contributed by atoms with Crippen LogP contribution < -0.4 is 5.32 Å². The van der Waals surface area contributed by atoms with Crippen molar-refractivity contribution in [2.75, 3.05) is 5.32 Å². The van der Waals surface area contributed by atoms with Crippen molar-refractivity contribution in [2.45, 2.75) is 26.6 Å². The number of aryl methyl sites for hydroxylation is 1. The van der Waals surface area contributed by atoms with Crippen LogP contribution in [0.15, 0.2) is 24.7 Å². The minimum atomic E-state index is -4.54. The van der Waals surface area contributed by atoms with E-state index in [-0.39, 0.29) is 17.8 Å². The van der Waals surface area contributed by atoms with Gasteiger partial charge in [-0.3, -0.25) is 9.67 Å². The first-order valence-corrected chi connectivity index (χ1v) is 8.66. The third kappa shape index (κ3) is 4.79. The summed E-state index contributed by atoms with van der Waals surface area (Å²) in [4.78, 5) is 7.82. The molecule has 0 saturated carbocycles. The molecule has 0 bridgehead atoms. The summed E-state index contributed by atoms with van der Waals surface area (Å²) in [6.07, 6.45) is -1.40. The summed E-state index contributed by atoms with van der Waals surface area (Å²) in [5.74, 6) is -1.60. The van der Waals surface area contributed by atoms with Crippen LogP contribution in [0.1, 0.15) is 25.1 Å². The van der Waals surface area contributed by atoms with E-state index < -0.39 is 23.5 Å². The van der Waals surface area contributed by atoms with Crippen LogP contribution in [0.2, 0.25) is 0 Å². The predicted octanol–water partition coefficient (Wildman–Crippen LogP) is 4.87. The summed E-state index contributed by atoms with van der Waals surface area (Å²) in [5, 5.41) is 6.47. The lowest BCUT2D eigenvalue weighted by Crippen LogP contribution is -2.06. The van der Waals surface area contributed by atoms with Gasteiger partial charge in [-0.15, -0.1) is 0 Å². The normalized spacial score (nSPS) is 11.1. The zero-order valence-electron chi connectivity index (χ0n) is 14.6. The standard InChI is InChI=1S/C14H10F5N5S.C2H6/c1-24-10(2-12(23-24)14(17,18)19)11-6-22-13(25-11)21-3-7-8(15)4-20-5-9(7)16;1-2/h2,4-6H,3H2,1H3,(H,21,22);1-2H3. The van der Waals surface area contributed by atoms with Gasteiger partial charge in [-0.25, -0.2) is 13.8 Å². The summed E-state index contributed by atoms with van der Waals surface area (Å²) in [5.41, 5.74) is -0.973. The van der Waals surface area contributed by atoms with Gasteiger partial charge < -0.3 is 5.32 Å². The van der Waals surface area contributed by atoms with E-state index in [9.17, 15) is 22.0 Å². The summed E-state index contributed by atoms with van der Waals surface area (Å²) >= 11 is 1.04. The molecule has 5 nitrogen and oxygen atoms in total. The maximum Gasteiger partial charge on any atom is 0.435 e. The maximum atomic E-state index is 13.5. The van der Waals surface area contributed by atoms with E-state index >= 15 is 0 Å². The Morgan fingerprint density at radius 1 is 1.11 bits per heavy atom. The lowest BCUT2D eigenvalue weighted by Gasteiger charge is -2.04. The fourth-order valence-corrected chi connectivity index (χ4v) is 2.94. The highest BCUT2D eigenvalue weighted by Gasteiger charge is 2.34. The molecule has 0 aromatic carbocycles. The Balaban J connectivity index is 0.00000126. The Hall–Kier alpha value is -2.56. The van der Waals surface area contributed by atoms with Crippen LogP contribution in [0.5, 0.6) is 0 Å². The lowest BCUT2D eigenvalue weighted by atomic mass is 10.2. The Morgan fingerprint density at radius 3 is 2.30 bits per heavy atom. The Morgan fingerprint density at radius 2 is 1.74 bits per heavy atom. The van der Waals surface area contributed by atoms with Crippen molar-refractivity contribution in [3.63, 3.8) is 0 Å². The summed E-state index contributed by atoms with van der Waals surface area (Å²) < 4.78 is 66.3. The van der Waals surface area contributed by atoms with Gasteiger partial charge in [0.25, 0.3) is 0 Å². The van der Waals surface area contributed by atoms with E-state index in [1.165, 1.54) is 13.2 Å². The molecule has 0 aliphatic rings. The van der Waals surface area contributed by atoms with E-state index in [0.717, 1.165) is 34.5 Å². The van der Waals surface area contributed by atoms with E-state index in [0.29, 0.717) is 10.0 Å². The molecular weight excluding hydrogens is 389 g/mol. The molecule has 0 aliphatic carbocycles. The molecule has 146 valence electrons. The predicted molar refractivity (Wildman–Crippen MR) is 92.1 cm³/mol. The fourth-order valence-electron chi connectivity index (χ4n) is 2.08. The largest absolute Gasteiger partial charge is 0.435 e. The molecule has 0 spiro atoms. The number of pyridine rings is 1. The smallest absolute Gasteiger partial charge is 0.357 e. The number of hydrogen-bond donors (Lipinski definition) is 1. The van der Waals surface area contributed by atoms with Crippen molar-refractivity contribution in [1.82, 2.24) is 19.7 Å². The van der Waals surface area contributed by atoms with Crippen LogP contribution in [-0.4, -0.2) is 19.7 Å². The van der Waals surface area contributed by atoms with Crippen molar-refractivity contribution in [1.29, 1.82) is 0 Å². The topological polar surface area (TPSA) is 55.6 Å². The van der Waals surface area contributed by atoms with Crippen LogP contribution in [0.3, 0.4) is 0 Å². The zero-order chi connectivity index (χ0) is 20.2. The van der Waals surface area contributed by atoms with Crippen LogP contribution in [0.4, 0.5) is 27.1 Å². The Labute approximate surface area is 155 Å². The Bertz CT molecular complexity index is 883. The molecule has 11 heteroatoms. The molecule has 3 rings (SSSR count).